The zero-order chi connectivity index (χ0) is 14.5. The second-order valence-electron chi connectivity index (χ2n) is 5.07. The SMILES string of the molecule is COc1cc(NC(=O)C2CCCC2)ccc1NC(C)=O. The van der Waals surface area contributed by atoms with Crippen LogP contribution in [0.3, 0.4) is 0 Å². The van der Waals surface area contributed by atoms with Crippen molar-refractivity contribution in [1.29, 1.82) is 0 Å². The Morgan fingerprint density at radius 2 is 1.90 bits per heavy atom. The average molecular weight is 276 g/mol. The van der Waals surface area contributed by atoms with Crippen LogP contribution in [0.1, 0.15) is 32.6 Å². The Kier molecular flexibility index (Phi) is 4.61. The third-order valence-corrected chi connectivity index (χ3v) is 3.51. The van der Waals surface area contributed by atoms with Crippen molar-refractivity contribution in [3.63, 3.8) is 0 Å². The molecule has 2 N–H and O–H groups in total. The number of carbonyl (C=O) groups excluding carboxylic acids is 2. The van der Waals surface area contributed by atoms with Crippen molar-refractivity contribution in [3.05, 3.63) is 18.2 Å². The van der Waals surface area contributed by atoms with Gasteiger partial charge in [-0.3, -0.25) is 9.59 Å². The molecule has 0 saturated heterocycles. The van der Waals surface area contributed by atoms with Crippen LogP contribution in [0.25, 0.3) is 0 Å². The Hall–Kier alpha value is -2.04. The number of amides is 2. The van der Waals surface area contributed by atoms with E-state index in [-0.39, 0.29) is 17.7 Å². The lowest BCUT2D eigenvalue weighted by Crippen LogP contribution is -2.20. The van der Waals surface area contributed by atoms with Gasteiger partial charge in [0.25, 0.3) is 0 Å². The molecule has 2 amide bonds. The lowest BCUT2D eigenvalue weighted by molar-refractivity contribution is -0.119. The number of methoxy groups -OCH3 is 1. The van der Waals surface area contributed by atoms with E-state index in [4.69, 9.17) is 4.74 Å². The predicted octanol–water partition coefficient (Wildman–Crippen LogP) is 2.78. The molecule has 1 aromatic rings. The highest BCUT2D eigenvalue weighted by molar-refractivity contribution is 5.94. The van der Waals surface area contributed by atoms with E-state index in [1.807, 2.05) is 0 Å². The van der Waals surface area contributed by atoms with E-state index in [2.05, 4.69) is 10.6 Å². The van der Waals surface area contributed by atoms with Crippen LogP contribution in [0.2, 0.25) is 0 Å². The minimum absolute atomic E-state index is 0.0665. The van der Waals surface area contributed by atoms with Crippen LogP contribution < -0.4 is 15.4 Å². The van der Waals surface area contributed by atoms with E-state index in [0.717, 1.165) is 25.7 Å². The highest BCUT2D eigenvalue weighted by atomic mass is 16.5. The van der Waals surface area contributed by atoms with Crippen molar-refractivity contribution in [1.82, 2.24) is 0 Å². The topological polar surface area (TPSA) is 67.4 Å². The van der Waals surface area contributed by atoms with Crippen molar-refractivity contribution in [2.45, 2.75) is 32.6 Å². The highest BCUT2D eigenvalue weighted by Crippen LogP contribution is 2.30. The van der Waals surface area contributed by atoms with Gasteiger partial charge in [-0.05, 0) is 25.0 Å². The molecule has 20 heavy (non-hydrogen) atoms. The molecule has 0 unspecified atom stereocenters. The van der Waals surface area contributed by atoms with E-state index in [0.29, 0.717) is 17.1 Å². The lowest BCUT2D eigenvalue weighted by atomic mass is 10.1. The molecule has 0 radical (unpaired) electrons. The van der Waals surface area contributed by atoms with Gasteiger partial charge in [0.05, 0.1) is 12.8 Å². The van der Waals surface area contributed by atoms with E-state index in [1.54, 1.807) is 18.2 Å². The summed E-state index contributed by atoms with van der Waals surface area (Å²) in [5, 5.41) is 5.59. The molecule has 2 rings (SSSR count). The zero-order valence-electron chi connectivity index (χ0n) is 11.9. The van der Waals surface area contributed by atoms with Crippen molar-refractivity contribution < 1.29 is 14.3 Å². The van der Waals surface area contributed by atoms with Gasteiger partial charge < -0.3 is 15.4 Å². The minimum atomic E-state index is -0.161. The van der Waals surface area contributed by atoms with Crippen LogP contribution in [0.5, 0.6) is 5.75 Å². The maximum Gasteiger partial charge on any atom is 0.227 e. The van der Waals surface area contributed by atoms with Crippen LogP contribution in [0, 0.1) is 5.92 Å². The summed E-state index contributed by atoms with van der Waals surface area (Å²) in [4.78, 5) is 23.1. The minimum Gasteiger partial charge on any atom is -0.494 e. The van der Waals surface area contributed by atoms with Gasteiger partial charge in [0, 0.05) is 24.6 Å². The van der Waals surface area contributed by atoms with Gasteiger partial charge in [0.15, 0.2) is 0 Å². The largest absolute Gasteiger partial charge is 0.494 e. The van der Waals surface area contributed by atoms with Gasteiger partial charge in [-0.15, -0.1) is 0 Å². The predicted molar refractivity (Wildman–Crippen MR) is 77.9 cm³/mol. The molecule has 0 aromatic heterocycles. The summed E-state index contributed by atoms with van der Waals surface area (Å²) >= 11 is 0. The van der Waals surface area contributed by atoms with Gasteiger partial charge in [-0.2, -0.15) is 0 Å². The first-order valence-electron chi connectivity index (χ1n) is 6.86. The molecule has 5 nitrogen and oxygen atoms in total. The Morgan fingerprint density at radius 3 is 2.50 bits per heavy atom. The first-order chi connectivity index (χ1) is 9.60. The molecule has 1 aliphatic rings. The summed E-state index contributed by atoms with van der Waals surface area (Å²) in [6.45, 7) is 1.44. The molecule has 1 aliphatic carbocycles. The van der Waals surface area contributed by atoms with Crippen molar-refractivity contribution in [3.8, 4) is 5.75 Å². The number of hydrogen-bond donors (Lipinski definition) is 2. The number of carbonyl (C=O) groups is 2. The van der Waals surface area contributed by atoms with E-state index < -0.39 is 0 Å². The van der Waals surface area contributed by atoms with Gasteiger partial charge >= 0.3 is 0 Å². The number of benzene rings is 1. The molecule has 108 valence electrons. The molecular formula is C15H20N2O3. The fourth-order valence-electron chi connectivity index (χ4n) is 2.49. The van der Waals surface area contributed by atoms with Gasteiger partial charge in [0.1, 0.15) is 5.75 Å². The quantitative estimate of drug-likeness (QED) is 0.888. The Bertz CT molecular complexity index is 508. The standard InChI is InChI=1S/C15H20N2O3/c1-10(18)16-13-8-7-12(9-14(13)20-2)17-15(19)11-5-3-4-6-11/h7-9,11H,3-6H2,1-2H3,(H,16,18)(H,17,19). The molecular weight excluding hydrogens is 256 g/mol. The molecule has 0 spiro atoms. The first-order valence-corrected chi connectivity index (χ1v) is 6.86. The maximum atomic E-state index is 12.1. The van der Waals surface area contributed by atoms with Crippen LogP contribution in [-0.2, 0) is 9.59 Å². The number of anilines is 2. The van der Waals surface area contributed by atoms with Gasteiger partial charge in [0.2, 0.25) is 11.8 Å². The van der Waals surface area contributed by atoms with E-state index >= 15 is 0 Å². The summed E-state index contributed by atoms with van der Waals surface area (Å²) in [6.07, 6.45) is 4.19. The zero-order valence-corrected chi connectivity index (χ0v) is 11.9. The first kappa shape index (κ1) is 14.4. The van der Waals surface area contributed by atoms with Gasteiger partial charge in [-0.1, -0.05) is 12.8 Å². The summed E-state index contributed by atoms with van der Waals surface area (Å²) in [7, 11) is 1.53. The maximum absolute atomic E-state index is 12.1. The third kappa shape index (κ3) is 3.50. The summed E-state index contributed by atoms with van der Waals surface area (Å²) in [5.41, 5.74) is 1.28. The number of hydrogen-bond acceptors (Lipinski definition) is 3. The summed E-state index contributed by atoms with van der Waals surface area (Å²) in [6, 6.07) is 5.21. The van der Waals surface area contributed by atoms with Crippen molar-refractivity contribution in [2.24, 2.45) is 5.92 Å². The fraction of sp³-hybridized carbons (Fsp3) is 0.467. The monoisotopic (exact) mass is 276 g/mol. The molecule has 1 fully saturated rings. The number of ether oxygens (including phenoxy) is 1. The Morgan fingerprint density at radius 1 is 1.20 bits per heavy atom. The molecule has 1 saturated carbocycles. The fourth-order valence-corrected chi connectivity index (χ4v) is 2.49. The second kappa shape index (κ2) is 6.41. The Labute approximate surface area is 118 Å². The van der Waals surface area contributed by atoms with E-state index in [1.165, 1.54) is 14.0 Å². The van der Waals surface area contributed by atoms with Crippen molar-refractivity contribution >= 4 is 23.2 Å². The smallest absolute Gasteiger partial charge is 0.227 e. The molecule has 0 heterocycles. The molecule has 5 heteroatoms. The number of nitrogens with one attached hydrogen (secondary N) is 2. The molecule has 0 aliphatic heterocycles. The van der Waals surface area contributed by atoms with Crippen LogP contribution in [0.4, 0.5) is 11.4 Å². The molecule has 1 aromatic carbocycles. The van der Waals surface area contributed by atoms with Gasteiger partial charge in [-0.25, -0.2) is 0 Å². The third-order valence-electron chi connectivity index (χ3n) is 3.51. The Balaban J connectivity index is 2.08. The van der Waals surface area contributed by atoms with E-state index in [9.17, 15) is 9.59 Å². The van der Waals surface area contributed by atoms with Crippen LogP contribution >= 0.6 is 0 Å². The molecule has 0 atom stereocenters. The second-order valence-corrected chi connectivity index (χ2v) is 5.07. The average Bonchev–Trinajstić information content (AvgIpc) is 2.94. The van der Waals surface area contributed by atoms with Crippen LogP contribution in [-0.4, -0.2) is 18.9 Å². The van der Waals surface area contributed by atoms with Crippen molar-refractivity contribution in [2.75, 3.05) is 17.7 Å². The highest BCUT2D eigenvalue weighted by Gasteiger charge is 2.22. The lowest BCUT2D eigenvalue weighted by Gasteiger charge is -2.13. The normalized spacial score (nSPS) is 14.9. The molecule has 0 bridgehead atoms. The number of rotatable bonds is 4. The summed E-state index contributed by atoms with van der Waals surface area (Å²) in [5.74, 6) is 0.559. The van der Waals surface area contributed by atoms with Crippen LogP contribution in [0.15, 0.2) is 18.2 Å². The summed E-state index contributed by atoms with van der Waals surface area (Å²) < 4.78 is 5.23.